The quantitative estimate of drug-likeness (QED) is 0.483. The van der Waals surface area contributed by atoms with Gasteiger partial charge in [0.2, 0.25) is 17.8 Å². The maximum absolute atomic E-state index is 13.0. The Balaban J connectivity index is 1.94. The maximum atomic E-state index is 13.0. The fourth-order valence-corrected chi connectivity index (χ4v) is 2.63. The molecule has 0 aromatic heterocycles. The molecule has 0 radical (unpaired) electrons. The summed E-state index contributed by atoms with van der Waals surface area (Å²) in [7, 11) is 0. The number of anilines is 1. The zero-order chi connectivity index (χ0) is 15.4. The first-order chi connectivity index (χ1) is 9.94. The van der Waals surface area contributed by atoms with Gasteiger partial charge in [0.25, 0.3) is 0 Å². The van der Waals surface area contributed by atoms with Gasteiger partial charge >= 0.3 is 0 Å². The predicted octanol–water partition coefficient (Wildman–Crippen LogP) is 0.635. The van der Waals surface area contributed by atoms with E-state index in [1.807, 2.05) is 0 Å². The van der Waals surface area contributed by atoms with E-state index in [0.29, 0.717) is 5.69 Å². The second kappa shape index (κ2) is 6.35. The van der Waals surface area contributed by atoms with E-state index in [9.17, 15) is 14.0 Å². The number of nitrogens with one attached hydrogen (secondary N) is 3. The van der Waals surface area contributed by atoms with Crippen LogP contribution in [0.25, 0.3) is 0 Å². The Morgan fingerprint density at radius 2 is 2.33 bits per heavy atom. The summed E-state index contributed by atoms with van der Waals surface area (Å²) in [6, 6.07) is 5.47. The highest BCUT2D eigenvalue weighted by Gasteiger charge is 2.32. The van der Waals surface area contributed by atoms with Crippen molar-refractivity contribution in [3.63, 3.8) is 0 Å². The molecule has 9 heteroatoms. The molecule has 5 N–H and O–H groups in total. The number of rotatable bonds is 3. The van der Waals surface area contributed by atoms with Crippen LogP contribution in [0.1, 0.15) is 6.42 Å². The third kappa shape index (κ3) is 4.28. The first kappa shape index (κ1) is 15.0. The molecule has 21 heavy (non-hydrogen) atoms. The van der Waals surface area contributed by atoms with Crippen molar-refractivity contribution in [2.45, 2.75) is 11.7 Å². The van der Waals surface area contributed by atoms with Gasteiger partial charge in [0.05, 0.1) is 0 Å². The molecule has 1 saturated heterocycles. The molecule has 1 aliphatic heterocycles. The Kier molecular flexibility index (Phi) is 4.53. The lowest BCUT2D eigenvalue weighted by atomic mass is 10.2. The number of guanidine groups is 1. The Labute approximate surface area is 123 Å². The molecule has 1 heterocycles. The van der Waals surface area contributed by atoms with Gasteiger partial charge in [-0.25, -0.2) is 4.39 Å². The van der Waals surface area contributed by atoms with E-state index in [4.69, 9.17) is 11.1 Å². The predicted molar refractivity (Wildman–Crippen MR) is 78.5 cm³/mol. The standard InChI is InChI=1S/C12H12FN5O2S/c13-6-2-1-3-7(4-6)16-9(19)5-8-10(20)17-12(21-8)18-11(14)15/h1-4,8H,5H2,(H,16,19)(H4,14,15,17,18,20). The van der Waals surface area contributed by atoms with Gasteiger partial charge in [-0.15, -0.1) is 0 Å². The Bertz CT molecular complexity index is 634. The highest BCUT2D eigenvalue weighted by molar-refractivity contribution is 8.15. The molecule has 1 unspecified atom stereocenters. The zero-order valence-electron chi connectivity index (χ0n) is 10.7. The third-order valence-electron chi connectivity index (χ3n) is 2.48. The molecule has 2 rings (SSSR count). The van der Waals surface area contributed by atoms with Crippen molar-refractivity contribution in [1.29, 1.82) is 5.41 Å². The van der Waals surface area contributed by atoms with Gasteiger partial charge in [-0.2, -0.15) is 4.99 Å². The van der Waals surface area contributed by atoms with E-state index in [1.165, 1.54) is 18.2 Å². The molecule has 1 aromatic carbocycles. The topological polar surface area (TPSA) is 120 Å². The summed E-state index contributed by atoms with van der Waals surface area (Å²) in [5, 5.41) is 11.5. The van der Waals surface area contributed by atoms with Crippen LogP contribution in [0.2, 0.25) is 0 Å². The van der Waals surface area contributed by atoms with E-state index in [0.717, 1.165) is 11.8 Å². The van der Waals surface area contributed by atoms with E-state index < -0.39 is 22.9 Å². The van der Waals surface area contributed by atoms with Crippen LogP contribution in [0.5, 0.6) is 0 Å². The molecular weight excluding hydrogens is 297 g/mol. The highest BCUT2D eigenvalue weighted by atomic mass is 32.2. The minimum atomic E-state index is -0.656. The van der Waals surface area contributed by atoms with Gasteiger partial charge in [-0.05, 0) is 18.2 Å². The van der Waals surface area contributed by atoms with Crippen LogP contribution in [-0.2, 0) is 9.59 Å². The second-order valence-corrected chi connectivity index (χ2v) is 5.35. The normalized spacial score (nSPS) is 19.4. The second-order valence-electron chi connectivity index (χ2n) is 4.16. The number of nitrogens with two attached hydrogens (primary N) is 1. The molecule has 1 fully saturated rings. The summed E-state index contributed by atoms with van der Waals surface area (Å²) >= 11 is 1.02. The van der Waals surface area contributed by atoms with E-state index in [1.54, 1.807) is 6.07 Å². The number of carbonyl (C=O) groups is 2. The minimum absolute atomic E-state index is 0.0933. The van der Waals surface area contributed by atoms with E-state index >= 15 is 0 Å². The number of amidine groups is 1. The molecule has 0 bridgehead atoms. The Morgan fingerprint density at radius 3 is 3.00 bits per heavy atom. The van der Waals surface area contributed by atoms with Crippen LogP contribution < -0.4 is 16.4 Å². The number of benzene rings is 1. The van der Waals surface area contributed by atoms with E-state index in [2.05, 4.69) is 15.6 Å². The van der Waals surface area contributed by atoms with Crippen molar-refractivity contribution in [3.8, 4) is 0 Å². The molecule has 1 aliphatic rings. The number of nitrogens with zero attached hydrogens (tertiary/aromatic N) is 1. The highest BCUT2D eigenvalue weighted by Crippen LogP contribution is 2.23. The van der Waals surface area contributed by atoms with Crippen LogP contribution >= 0.6 is 11.8 Å². The summed E-state index contributed by atoms with van der Waals surface area (Å²) in [6.07, 6.45) is -0.0933. The SMILES string of the molecule is N=C(N)N=C1NC(=O)C(CC(=O)Nc2cccc(F)c2)S1. The monoisotopic (exact) mass is 309 g/mol. The molecule has 0 saturated carbocycles. The molecule has 0 spiro atoms. The average molecular weight is 309 g/mol. The van der Waals surface area contributed by atoms with Crippen LogP contribution in [-0.4, -0.2) is 28.2 Å². The van der Waals surface area contributed by atoms with Gasteiger partial charge in [0.1, 0.15) is 11.1 Å². The summed E-state index contributed by atoms with van der Waals surface area (Å²) in [5.74, 6) is -1.69. The molecule has 1 aromatic rings. The molecule has 7 nitrogen and oxygen atoms in total. The largest absolute Gasteiger partial charge is 0.368 e. The van der Waals surface area contributed by atoms with Crippen LogP contribution in [0.15, 0.2) is 29.3 Å². The number of thioether (sulfide) groups is 1. The number of hydrogen-bond acceptors (Lipinski definition) is 4. The summed E-state index contributed by atoms with van der Waals surface area (Å²) in [5.41, 5.74) is 5.42. The van der Waals surface area contributed by atoms with Crippen LogP contribution in [0.4, 0.5) is 10.1 Å². The number of hydrogen-bond donors (Lipinski definition) is 4. The average Bonchev–Trinajstić information content (AvgIpc) is 2.68. The van der Waals surface area contributed by atoms with Crippen molar-refractivity contribution < 1.29 is 14.0 Å². The molecule has 0 aliphatic carbocycles. The fraction of sp³-hybridized carbons (Fsp3) is 0.167. The third-order valence-corrected chi connectivity index (χ3v) is 3.56. The van der Waals surface area contributed by atoms with Crippen molar-refractivity contribution >= 4 is 40.4 Å². The van der Waals surface area contributed by atoms with Gasteiger partial charge in [-0.1, -0.05) is 17.8 Å². The van der Waals surface area contributed by atoms with Gasteiger partial charge in [-0.3, -0.25) is 15.0 Å². The number of carbonyl (C=O) groups excluding carboxylic acids is 2. The lowest BCUT2D eigenvalue weighted by molar-refractivity contribution is -0.122. The number of amides is 2. The first-order valence-corrected chi connectivity index (χ1v) is 6.77. The molecular formula is C12H12FN5O2S. The van der Waals surface area contributed by atoms with Crippen molar-refractivity contribution in [2.24, 2.45) is 10.7 Å². The lowest BCUT2D eigenvalue weighted by Crippen LogP contribution is -2.28. The molecule has 110 valence electrons. The zero-order valence-corrected chi connectivity index (χ0v) is 11.5. The van der Waals surface area contributed by atoms with Crippen molar-refractivity contribution in [1.82, 2.24) is 5.32 Å². The molecule has 2 amide bonds. The van der Waals surface area contributed by atoms with Gasteiger partial charge < -0.3 is 16.4 Å². The lowest BCUT2D eigenvalue weighted by Gasteiger charge is -2.07. The first-order valence-electron chi connectivity index (χ1n) is 5.89. The summed E-state index contributed by atoms with van der Waals surface area (Å²) < 4.78 is 13.0. The number of halogens is 1. The Hall–Kier alpha value is -2.42. The Morgan fingerprint density at radius 1 is 1.57 bits per heavy atom. The van der Waals surface area contributed by atoms with Gasteiger partial charge in [0, 0.05) is 12.1 Å². The fourth-order valence-electron chi connectivity index (χ4n) is 1.65. The van der Waals surface area contributed by atoms with Crippen molar-refractivity contribution in [3.05, 3.63) is 30.1 Å². The molecule has 1 atom stereocenters. The summed E-state index contributed by atoms with van der Waals surface area (Å²) in [4.78, 5) is 27.1. The van der Waals surface area contributed by atoms with Crippen LogP contribution in [0, 0.1) is 11.2 Å². The smallest absolute Gasteiger partial charge is 0.240 e. The summed E-state index contributed by atoms with van der Waals surface area (Å²) in [6.45, 7) is 0. The minimum Gasteiger partial charge on any atom is -0.368 e. The van der Waals surface area contributed by atoms with E-state index in [-0.39, 0.29) is 17.5 Å². The van der Waals surface area contributed by atoms with Crippen molar-refractivity contribution in [2.75, 3.05) is 5.32 Å². The van der Waals surface area contributed by atoms with Crippen LogP contribution in [0.3, 0.4) is 0 Å². The maximum Gasteiger partial charge on any atom is 0.240 e. The number of aliphatic imine (C=N–C) groups is 1. The van der Waals surface area contributed by atoms with Gasteiger partial charge in [0.15, 0.2) is 5.17 Å².